The summed E-state index contributed by atoms with van der Waals surface area (Å²) in [6.07, 6.45) is 3.93. The van der Waals surface area contributed by atoms with Gasteiger partial charge >= 0.3 is 5.97 Å². The zero-order valence-corrected chi connectivity index (χ0v) is 12.1. The molecule has 0 aliphatic heterocycles. The zero-order chi connectivity index (χ0) is 13.8. The fourth-order valence-corrected chi connectivity index (χ4v) is 2.45. The van der Waals surface area contributed by atoms with E-state index < -0.39 is 11.9 Å². The average Bonchev–Trinajstić information content (AvgIpc) is 2.35. The summed E-state index contributed by atoms with van der Waals surface area (Å²) in [6, 6.07) is 9.40. The molecule has 0 spiro atoms. The van der Waals surface area contributed by atoms with Crippen molar-refractivity contribution in [2.24, 2.45) is 0 Å². The normalized spacial score (nSPS) is 12.1. The number of hydrogen-bond acceptors (Lipinski definition) is 2. The minimum Gasteiger partial charge on any atom is -0.481 e. The molecule has 19 heavy (non-hydrogen) atoms. The van der Waals surface area contributed by atoms with Gasteiger partial charge in [-0.1, -0.05) is 34.1 Å². The van der Waals surface area contributed by atoms with E-state index in [1.165, 1.54) is 0 Å². The topological polar surface area (TPSA) is 50.2 Å². The number of nitrogens with zero attached hydrogens (tertiary/aromatic N) is 1. The van der Waals surface area contributed by atoms with Crippen LogP contribution in [0.15, 0.2) is 47.2 Å². The molecule has 98 valence electrons. The molecule has 3 nitrogen and oxygen atoms in total. The van der Waals surface area contributed by atoms with Gasteiger partial charge in [-0.25, -0.2) is 0 Å². The first-order valence-corrected chi connectivity index (χ1v) is 6.74. The first-order chi connectivity index (χ1) is 9.06. The Morgan fingerprint density at radius 1 is 1.37 bits per heavy atom. The molecule has 0 saturated carbocycles. The molecule has 1 unspecified atom stereocenters. The smallest absolute Gasteiger partial charge is 0.311 e. The fraction of sp³-hybridized carbons (Fsp3) is 0.200. The summed E-state index contributed by atoms with van der Waals surface area (Å²) in [6.45, 7) is 1.95. The molecule has 1 aromatic carbocycles. The van der Waals surface area contributed by atoms with Gasteiger partial charge in [0.25, 0.3) is 0 Å². The van der Waals surface area contributed by atoms with E-state index in [2.05, 4.69) is 20.9 Å². The van der Waals surface area contributed by atoms with Crippen molar-refractivity contribution in [3.8, 4) is 0 Å². The van der Waals surface area contributed by atoms with E-state index in [4.69, 9.17) is 0 Å². The van der Waals surface area contributed by atoms with Gasteiger partial charge in [0.05, 0.1) is 5.92 Å². The van der Waals surface area contributed by atoms with Crippen molar-refractivity contribution < 1.29 is 9.90 Å². The van der Waals surface area contributed by atoms with E-state index in [9.17, 15) is 9.90 Å². The molecule has 1 aromatic heterocycles. The quantitative estimate of drug-likeness (QED) is 0.937. The molecule has 0 fully saturated rings. The van der Waals surface area contributed by atoms with Crippen molar-refractivity contribution in [3.63, 3.8) is 0 Å². The Bertz CT molecular complexity index is 598. The van der Waals surface area contributed by atoms with E-state index in [1.54, 1.807) is 12.4 Å². The summed E-state index contributed by atoms with van der Waals surface area (Å²) in [5.41, 5.74) is 2.77. The molecule has 0 aliphatic rings. The molecule has 0 saturated heterocycles. The first kappa shape index (κ1) is 13.7. The van der Waals surface area contributed by atoms with Crippen LogP contribution < -0.4 is 0 Å². The van der Waals surface area contributed by atoms with Crippen LogP contribution in [0.5, 0.6) is 0 Å². The van der Waals surface area contributed by atoms with Crippen LogP contribution >= 0.6 is 15.9 Å². The molecule has 1 heterocycles. The Morgan fingerprint density at radius 3 is 2.79 bits per heavy atom. The molecule has 0 radical (unpaired) electrons. The second-order valence-electron chi connectivity index (χ2n) is 4.52. The third-order valence-electron chi connectivity index (χ3n) is 2.92. The predicted molar refractivity (Wildman–Crippen MR) is 77.2 cm³/mol. The number of carboxylic acids is 1. The van der Waals surface area contributed by atoms with Crippen LogP contribution in [0.25, 0.3) is 0 Å². The maximum Gasteiger partial charge on any atom is 0.311 e. The van der Waals surface area contributed by atoms with Gasteiger partial charge in [0.2, 0.25) is 0 Å². The number of aryl methyl sites for hydroxylation is 1. The maximum absolute atomic E-state index is 11.5. The number of rotatable bonds is 4. The number of carboxylic acid groups (broad SMARTS) is 1. The zero-order valence-electron chi connectivity index (χ0n) is 10.5. The van der Waals surface area contributed by atoms with Crippen molar-refractivity contribution in [1.82, 2.24) is 4.98 Å². The van der Waals surface area contributed by atoms with Crippen LogP contribution in [0.2, 0.25) is 0 Å². The summed E-state index contributed by atoms with van der Waals surface area (Å²) in [4.78, 5) is 15.6. The lowest BCUT2D eigenvalue weighted by Crippen LogP contribution is -2.14. The van der Waals surface area contributed by atoms with Crippen LogP contribution in [0.1, 0.15) is 22.6 Å². The Hall–Kier alpha value is -1.68. The third kappa shape index (κ3) is 3.64. The van der Waals surface area contributed by atoms with Gasteiger partial charge < -0.3 is 5.11 Å². The van der Waals surface area contributed by atoms with Gasteiger partial charge in [0.1, 0.15) is 0 Å². The monoisotopic (exact) mass is 319 g/mol. The molecule has 2 aromatic rings. The SMILES string of the molecule is Cc1cncc(CC(C(=O)O)c2cccc(Br)c2)c1. The van der Waals surface area contributed by atoms with Crippen molar-refractivity contribution in [1.29, 1.82) is 0 Å². The number of benzene rings is 1. The number of halogens is 1. The summed E-state index contributed by atoms with van der Waals surface area (Å²) in [5.74, 6) is -1.37. The lowest BCUT2D eigenvalue weighted by Gasteiger charge is -2.13. The highest BCUT2D eigenvalue weighted by Crippen LogP contribution is 2.24. The molecule has 2 rings (SSSR count). The summed E-state index contributed by atoms with van der Waals surface area (Å²) < 4.78 is 0.888. The van der Waals surface area contributed by atoms with Crippen molar-refractivity contribution in [2.45, 2.75) is 19.3 Å². The van der Waals surface area contributed by atoms with Crippen molar-refractivity contribution >= 4 is 21.9 Å². The van der Waals surface area contributed by atoms with E-state index in [-0.39, 0.29) is 0 Å². The second kappa shape index (κ2) is 5.97. The summed E-state index contributed by atoms with van der Waals surface area (Å²) in [5, 5.41) is 9.41. The van der Waals surface area contributed by atoms with Crippen LogP contribution in [0.3, 0.4) is 0 Å². The Kier molecular flexibility index (Phi) is 4.32. The van der Waals surface area contributed by atoms with Gasteiger partial charge in [-0.05, 0) is 42.2 Å². The van der Waals surface area contributed by atoms with Gasteiger partial charge in [-0.15, -0.1) is 0 Å². The minimum atomic E-state index is -0.820. The largest absolute Gasteiger partial charge is 0.481 e. The van der Waals surface area contributed by atoms with E-state index in [1.807, 2.05) is 37.3 Å². The van der Waals surface area contributed by atoms with Gasteiger partial charge in [0, 0.05) is 16.9 Å². The number of hydrogen-bond donors (Lipinski definition) is 1. The minimum absolute atomic E-state index is 0.445. The van der Waals surface area contributed by atoms with Crippen LogP contribution in [0.4, 0.5) is 0 Å². The van der Waals surface area contributed by atoms with E-state index >= 15 is 0 Å². The molecule has 0 aliphatic carbocycles. The Balaban J connectivity index is 2.29. The van der Waals surface area contributed by atoms with Crippen molar-refractivity contribution in [3.05, 3.63) is 63.9 Å². The molecule has 1 N–H and O–H groups in total. The summed E-state index contributed by atoms with van der Waals surface area (Å²) in [7, 11) is 0. The number of carbonyl (C=O) groups is 1. The molecular weight excluding hydrogens is 306 g/mol. The predicted octanol–water partition coefficient (Wildman–Crippen LogP) is 3.56. The molecule has 0 amide bonds. The highest BCUT2D eigenvalue weighted by molar-refractivity contribution is 9.10. The van der Waals surface area contributed by atoms with Gasteiger partial charge in [-0.2, -0.15) is 0 Å². The third-order valence-corrected chi connectivity index (χ3v) is 3.41. The van der Waals surface area contributed by atoms with Gasteiger partial charge in [-0.3, -0.25) is 9.78 Å². The van der Waals surface area contributed by atoms with Crippen LogP contribution in [-0.4, -0.2) is 16.1 Å². The van der Waals surface area contributed by atoms with E-state index in [0.29, 0.717) is 6.42 Å². The average molecular weight is 320 g/mol. The van der Waals surface area contributed by atoms with Crippen molar-refractivity contribution in [2.75, 3.05) is 0 Å². The number of aromatic nitrogens is 1. The lowest BCUT2D eigenvalue weighted by atomic mass is 9.92. The Morgan fingerprint density at radius 2 is 2.16 bits per heavy atom. The molecular formula is C15H14BrNO2. The highest BCUT2D eigenvalue weighted by Gasteiger charge is 2.20. The molecule has 0 bridgehead atoms. The summed E-state index contributed by atoms with van der Waals surface area (Å²) >= 11 is 3.37. The number of pyridine rings is 1. The molecule has 4 heteroatoms. The highest BCUT2D eigenvalue weighted by atomic mass is 79.9. The number of aliphatic carboxylic acids is 1. The van der Waals surface area contributed by atoms with E-state index in [0.717, 1.165) is 21.2 Å². The van der Waals surface area contributed by atoms with Crippen LogP contribution in [-0.2, 0) is 11.2 Å². The fourth-order valence-electron chi connectivity index (χ4n) is 2.04. The maximum atomic E-state index is 11.5. The van der Waals surface area contributed by atoms with Gasteiger partial charge in [0.15, 0.2) is 0 Å². The first-order valence-electron chi connectivity index (χ1n) is 5.95. The molecule has 1 atom stereocenters. The standard InChI is InChI=1S/C15H14BrNO2/c1-10-5-11(9-17-8-10)6-14(15(18)19)12-3-2-4-13(16)7-12/h2-5,7-9,14H,6H2,1H3,(H,18,19). The second-order valence-corrected chi connectivity index (χ2v) is 5.44. The Labute approximate surface area is 120 Å². The lowest BCUT2D eigenvalue weighted by molar-refractivity contribution is -0.138. The van der Waals surface area contributed by atoms with Crippen LogP contribution in [0, 0.1) is 6.92 Å².